The largest absolute Gasteiger partial charge is 0.507 e. The summed E-state index contributed by atoms with van der Waals surface area (Å²) in [6, 6.07) is 6.52. The third-order valence-corrected chi connectivity index (χ3v) is 2.38. The number of carbonyl (C=O) groups excluding carboxylic acids is 2. The quantitative estimate of drug-likeness (QED) is 0.505. The number of benzene rings is 1. The van der Waals surface area contributed by atoms with Gasteiger partial charge in [-0.3, -0.25) is 5.32 Å². The Bertz CT molecular complexity index is 572. The molecule has 22 heavy (non-hydrogen) atoms. The van der Waals surface area contributed by atoms with Crippen molar-refractivity contribution in [1.82, 2.24) is 0 Å². The standard InChI is InChI=1S/C16H21NO5/c1-5-21-14(19)10-13(18)11-8-6-7-9-12(11)17-15(20)22-16(2,3)4/h6-10,18H,5H2,1-4H3,(H,17,20). The number of aliphatic hydroxyl groups excluding tert-OH is 1. The van der Waals surface area contributed by atoms with Crippen LogP contribution in [0.2, 0.25) is 0 Å². The molecule has 120 valence electrons. The molecule has 0 saturated carbocycles. The van der Waals surface area contributed by atoms with Gasteiger partial charge in [0, 0.05) is 5.56 Å². The Morgan fingerprint density at radius 1 is 1.27 bits per heavy atom. The number of nitrogens with one attached hydrogen (secondary N) is 1. The SMILES string of the molecule is CCOC(=O)C=C(O)c1ccccc1NC(=O)OC(C)(C)C. The van der Waals surface area contributed by atoms with E-state index in [4.69, 9.17) is 9.47 Å². The van der Waals surface area contributed by atoms with Gasteiger partial charge in [-0.2, -0.15) is 0 Å². The van der Waals surface area contributed by atoms with E-state index < -0.39 is 17.7 Å². The number of hydrogen-bond acceptors (Lipinski definition) is 5. The molecule has 0 bridgehead atoms. The lowest BCUT2D eigenvalue weighted by Crippen LogP contribution is -2.27. The number of hydrogen-bond donors (Lipinski definition) is 2. The first-order valence-corrected chi connectivity index (χ1v) is 6.89. The minimum atomic E-state index is -0.660. The van der Waals surface area contributed by atoms with Crippen molar-refractivity contribution in [2.24, 2.45) is 0 Å². The van der Waals surface area contributed by atoms with Crippen LogP contribution in [-0.4, -0.2) is 29.4 Å². The molecule has 0 aliphatic rings. The predicted molar refractivity (Wildman–Crippen MR) is 83.5 cm³/mol. The molecule has 0 aliphatic carbocycles. The second kappa shape index (κ2) is 7.49. The van der Waals surface area contributed by atoms with Crippen molar-refractivity contribution in [3.63, 3.8) is 0 Å². The molecule has 0 heterocycles. The molecule has 0 aliphatic heterocycles. The summed E-state index contributed by atoms with van der Waals surface area (Å²) in [7, 11) is 0. The molecule has 0 radical (unpaired) electrons. The molecule has 2 N–H and O–H groups in total. The van der Waals surface area contributed by atoms with Crippen LogP contribution in [0.4, 0.5) is 10.5 Å². The first kappa shape index (κ1) is 17.6. The molecular weight excluding hydrogens is 286 g/mol. The number of aliphatic hydroxyl groups is 1. The number of amides is 1. The number of para-hydroxylation sites is 1. The van der Waals surface area contributed by atoms with E-state index in [-0.39, 0.29) is 12.4 Å². The molecule has 1 aromatic carbocycles. The number of anilines is 1. The molecule has 0 fully saturated rings. The van der Waals surface area contributed by atoms with Gasteiger partial charge in [-0.15, -0.1) is 0 Å². The molecule has 0 saturated heterocycles. The summed E-state index contributed by atoms with van der Waals surface area (Å²) in [5, 5.41) is 12.6. The van der Waals surface area contributed by atoms with E-state index in [1.807, 2.05) is 0 Å². The van der Waals surface area contributed by atoms with E-state index in [0.717, 1.165) is 6.08 Å². The summed E-state index contributed by atoms with van der Waals surface area (Å²) >= 11 is 0. The Hall–Kier alpha value is -2.50. The van der Waals surface area contributed by atoms with Crippen molar-refractivity contribution in [3.05, 3.63) is 35.9 Å². The summed E-state index contributed by atoms with van der Waals surface area (Å²) in [6.45, 7) is 7.12. The van der Waals surface area contributed by atoms with E-state index in [1.54, 1.807) is 52.0 Å². The van der Waals surface area contributed by atoms with E-state index in [1.165, 1.54) is 0 Å². The van der Waals surface area contributed by atoms with Gasteiger partial charge in [0.25, 0.3) is 0 Å². The van der Waals surface area contributed by atoms with Crippen molar-refractivity contribution < 1.29 is 24.2 Å². The highest BCUT2D eigenvalue weighted by Gasteiger charge is 2.18. The average Bonchev–Trinajstić information content (AvgIpc) is 2.37. The van der Waals surface area contributed by atoms with Crippen molar-refractivity contribution in [3.8, 4) is 0 Å². The van der Waals surface area contributed by atoms with Crippen LogP contribution in [0.15, 0.2) is 30.3 Å². The number of carbonyl (C=O) groups is 2. The van der Waals surface area contributed by atoms with Crippen LogP contribution in [0.1, 0.15) is 33.3 Å². The third-order valence-electron chi connectivity index (χ3n) is 2.38. The molecule has 0 aromatic heterocycles. The van der Waals surface area contributed by atoms with Crippen LogP contribution in [0.25, 0.3) is 5.76 Å². The summed E-state index contributed by atoms with van der Waals surface area (Å²) in [6.07, 6.45) is 0.308. The maximum Gasteiger partial charge on any atom is 0.412 e. The maximum atomic E-state index is 11.8. The van der Waals surface area contributed by atoms with Crippen LogP contribution in [0.5, 0.6) is 0 Å². The van der Waals surface area contributed by atoms with Gasteiger partial charge < -0.3 is 14.6 Å². The van der Waals surface area contributed by atoms with Crippen molar-refractivity contribution >= 4 is 23.5 Å². The Kier molecular flexibility index (Phi) is 5.98. The van der Waals surface area contributed by atoms with Crippen LogP contribution < -0.4 is 5.32 Å². The van der Waals surface area contributed by atoms with Gasteiger partial charge in [0.2, 0.25) is 0 Å². The normalized spacial score (nSPS) is 11.7. The summed E-state index contributed by atoms with van der Waals surface area (Å²) < 4.78 is 9.89. The minimum absolute atomic E-state index is 0.209. The average molecular weight is 307 g/mol. The Balaban J connectivity index is 2.95. The van der Waals surface area contributed by atoms with Gasteiger partial charge in [-0.25, -0.2) is 9.59 Å². The molecule has 1 amide bonds. The van der Waals surface area contributed by atoms with Gasteiger partial charge in [0.1, 0.15) is 11.4 Å². The molecule has 1 rings (SSSR count). The van der Waals surface area contributed by atoms with Gasteiger partial charge in [-0.1, -0.05) is 12.1 Å². The fourth-order valence-corrected chi connectivity index (χ4v) is 1.60. The molecule has 0 atom stereocenters. The maximum absolute atomic E-state index is 11.8. The zero-order valence-corrected chi connectivity index (χ0v) is 13.2. The van der Waals surface area contributed by atoms with Crippen LogP contribution in [0, 0.1) is 0 Å². The van der Waals surface area contributed by atoms with E-state index in [2.05, 4.69) is 5.32 Å². The molecule has 0 spiro atoms. The second-order valence-corrected chi connectivity index (χ2v) is 5.45. The van der Waals surface area contributed by atoms with Gasteiger partial charge in [-0.05, 0) is 39.8 Å². The fourth-order valence-electron chi connectivity index (χ4n) is 1.60. The first-order valence-electron chi connectivity index (χ1n) is 6.89. The number of rotatable bonds is 4. The Morgan fingerprint density at radius 3 is 2.50 bits per heavy atom. The Morgan fingerprint density at radius 2 is 1.91 bits per heavy atom. The molecule has 6 heteroatoms. The lowest BCUT2D eigenvalue weighted by molar-refractivity contribution is -0.137. The predicted octanol–water partition coefficient (Wildman–Crippen LogP) is 3.50. The monoisotopic (exact) mass is 307 g/mol. The van der Waals surface area contributed by atoms with E-state index in [9.17, 15) is 14.7 Å². The highest BCUT2D eigenvalue weighted by Crippen LogP contribution is 2.23. The van der Waals surface area contributed by atoms with Gasteiger partial charge in [0.15, 0.2) is 0 Å². The van der Waals surface area contributed by atoms with Gasteiger partial charge in [0.05, 0.1) is 18.4 Å². The van der Waals surface area contributed by atoms with Crippen molar-refractivity contribution in [2.45, 2.75) is 33.3 Å². The summed E-state index contributed by atoms with van der Waals surface area (Å²) in [5.41, 5.74) is -0.0156. The third kappa shape index (κ3) is 5.87. The fraction of sp³-hybridized carbons (Fsp3) is 0.375. The summed E-state index contributed by atoms with van der Waals surface area (Å²) in [5.74, 6) is -0.961. The van der Waals surface area contributed by atoms with Gasteiger partial charge >= 0.3 is 12.1 Å². The number of esters is 1. The minimum Gasteiger partial charge on any atom is -0.507 e. The topological polar surface area (TPSA) is 84.9 Å². The molecule has 0 unspecified atom stereocenters. The lowest BCUT2D eigenvalue weighted by Gasteiger charge is -2.20. The van der Waals surface area contributed by atoms with E-state index in [0.29, 0.717) is 11.3 Å². The zero-order chi connectivity index (χ0) is 16.8. The molecule has 1 aromatic rings. The highest BCUT2D eigenvalue weighted by atomic mass is 16.6. The van der Waals surface area contributed by atoms with Crippen LogP contribution in [0.3, 0.4) is 0 Å². The lowest BCUT2D eigenvalue weighted by atomic mass is 10.1. The smallest absolute Gasteiger partial charge is 0.412 e. The van der Waals surface area contributed by atoms with Crippen LogP contribution in [-0.2, 0) is 14.3 Å². The number of ether oxygens (including phenoxy) is 2. The van der Waals surface area contributed by atoms with Crippen LogP contribution >= 0.6 is 0 Å². The first-order chi connectivity index (χ1) is 10.2. The highest BCUT2D eigenvalue weighted by molar-refractivity contribution is 5.94. The molecular formula is C16H21NO5. The van der Waals surface area contributed by atoms with Crippen molar-refractivity contribution in [2.75, 3.05) is 11.9 Å². The second-order valence-electron chi connectivity index (χ2n) is 5.45. The Labute approximate surface area is 129 Å². The molecule has 6 nitrogen and oxygen atoms in total. The summed E-state index contributed by atoms with van der Waals surface area (Å²) in [4.78, 5) is 23.2. The zero-order valence-electron chi connectivity index (χ0n) is 13.2. The van der Waals surface area contributed by atoms with Crippen molar-refractivity contribution in [1.29, 1.82) is 0 Å². The van der Waals surface area contributed by atoms with E-state index >= 15 is 0 Å².